The zero-order valence-electron chi connectivity index (χ0n) is 10.0. The number of hydrogen-bond donors (Lipinski definition) is 1. The third-order valence-corrected chi connectivity index (χ3v) is 4.65. The SMILES string of the molecule is CC(N)C(C)S(=O)c1ccc2c(c1)OCCO2. The van der Waals surface area contributed by atoms with Gasteiger partial charge < -0.3 is 15.2 Å². The van der Waals surface area contributed by atoms with Crippen LogP contribution in [0.5, 0.6) is 11.5 Å². The molecule has 0 amide bonds. The minimum absolute atomic E-state index is 0.0856. The van der Waals surface area contributed by atoms with Crippen molar-refractivity contribution in [2.75, 3.05) is 13.2 Å². The van der Waals surface area contributed by atoms with E-state index in [4.69, 9.17) is 15.2 Å². The van der Waals surface area contributed by atoms with E-state index in [-0.39, 0.29) is 11.3 Å². The third-order valence-electron chi connectivity index (χ3n) is 2.82. The van der Waals surface area contributed by atoms with Crippen LogP contribution in [0.1, 0.15) is 13.8 Å². The summed E-state index contributed by atoms with van der Waals surface area (Å²) in [5, 5.41) is -0.0856. The van der Waals surface area contributed by atoms with Crippen molar-refractivity contribution in [2.45, 2.75) is 30.0 Å². The lowest BCUT2D eigenvalue weighted by Gasteiger charge is -2.20. The van der Waals surface area contributed by atoms with Crippen LogP contribution in [0.15, 0.2) is 23.1 Å². The van der Waals surface area contributed by atoms with Gasteiger partial charge in [-0.05, 0) is 26.0 Å². The molecule has 1 aromatic carbocycles. The molecule has 0 aliphatic carbocycles. The van der Waals surface area contributed by atoms with Crippen LogP contribution in [-0.4, -0.2) is 28.7 Å². The molecule has 2 rings (SSSR count). The van der Waals surface area contributed by atoms with E-state index in [1.54, 1.807) is 12.1 Å². The minimum Gasteiger partial charge on any atom is -0.486 e. The lowest BCUT2D eigenvalue weighted by molar-refractivity contribution is 0.171. The summed E-state index contributed by atoms with van der Waals surface area (Å²) in [4.78, 5) is 0.735. The lowest BCUT2D eigenvalue weighted by Crippen LogP contribution is -2.32. The van der Waals surface area contributed by atoms with Crippen LogP contribution in [0.25, 0.3) is 0 Å². The second-order valence-electron chi connectivity index (χ2n) is 4.17. The molecule has 5 heteroatoms. The van der Waals surface area contributed by atoms with Crippen molar-refractivity contribution in [3.8, 4) is 11.5 Å². The highest BCUT2D eigenvalue weighted by atomic mass is 32.2. The molecule has 0 aromatic heterocycles. The zero-order valence-corrected chi connectivity index (χ0v) is 10.8. The van der Waals surface area contributed by atoms with Crippen LogP contribution in [0.3, 0.4) is 0 Å². The normalized spacial score (nSPS) is 19.5. The second kappa shape index (κ2) is 5.06. The molecule has 0 saturated carbocycles. The zero-order chi connectivity index (χ0) is 12.4. The Morgan fingerprint density at radius 3 is 2.53 bits per heavy atom. The van der Waals surface area contributed by atoms with E-state index in [1.807, 2.05) is 19.9 Å². The molecule has 1 aliphatic heterocycles. The number of fused-ring (bicyclic) bond motifs is 1. The van der Waals surface area contributed by atoms with Gasteiger partial charge in [-0.1, -0.05) is 0 Å². The minimum atomic E-state index is -1.12. The molecule has 17 heavy (non-hydrogen) atoms. The second-order valence-corrected chi connectivity index (χ2v) is 5.98. The molecule has 3 unspecified atom stereocenters. The van der Waals surface area contributed by atoms with Crippen LogP contribution in [0.2, 0.25) is 0 Å². The summed E-state index contributed by atoms with van der Waals surface area (Å²) in [6, 6.07) is 5.28. The first kappa shape index (κ1) is 12.4. The maximum atomic E-state index is 12.2. The van der Waals surface area contributed by atoms with E-state index in [1.165, 1.54) is 0 Å². The molecule has 0 fully saturated rings. The van der Waals surface area contributed by atoms with Crippen LogP contribution < -0.4 is 15.2 Å². The van der Waals surface area contributed by atoms with Crippen LogP contribution in [0, 0.1) is 0 Å². The van der Waals surface area contributed by atoms with Crippen LogP contribution in [-0.2, 0) is 10.8 Å². The number of nitrogens with two attached hydrogens (primary N) is 1. The number of benzene rings is 1. The summed E-state index contributed by atoms with van der Waals surface area (Å²) in [7, 11) is -1.12. The Bertz CT molecular complexity index is 434. The molecular weight excluding hydrogens is 238 g/mol. The Morgan fingerprint density at radius 1 is 1.24 bits per heavy atom. The molecule has 1 heterocycles. The van der Waals surface area contributed by atoms with Gasteiger partial charge in [-0.2, -0.15) is 0 Å². The summed E-state index contributed by atoms with van der Waals surface area (Å²) < 4.78 is 23.1. The maximum Gasteiger partial charge on any atom is 0.162 e. The predicted molar refractivity (Wildman–Crippen MR) is 67.0 cm³/mol. The Hall–Kier alpha value is -1.07. The number of ether oxygens (including phenoxy) is 2. The highest BCUT2D eigenvalue weighted by Gasteiger charge is 2.20. The topological polar surface area (TPSA) is 61.6 Å². The van der Waals surface area contributed by atoms with Crippen molar-refractivity contribution in [3.05, 3.63) is 18.2 Å². The molecule has 0 saturated heterocycles. The molecule has 1 aliphatic rings. The maximum absolute atomic E-state index is 12.2. The molecule has 94 valence electrons. The van der Waals surface area contributed by atoms with Crippen molar-refractivity contribution in [1.29, 1.82) is 0 Å². The predicted octanol–water partition coefficient (Wildman–Crippen LogP) is 1.30. The Balaban J connectivity index is 2.25. The van der Waals surface area contributed by atoms with Gasteiger partial charge in [0.25, 0.3) is 0 Å². The molecular formula is C12H17NO3S. The first-order valence-corrected chi connectivity index (χ1v) is 6.86. The third kappa shape index (κ3) is 2.61. The number of rotatable bonds is 3. The fraction of sp³-hybridized carbons (Fsp3) is 0.500. The average Bonchev–Trinajstić information content (AvgIpc) is 2.36. The summed E-state index contributed by atoms with van der Waals surface area (Å²) in [6.45, 7) is 4.84. The average molecular weight is 255 g/mol. The van der Waals surface area contributed by atoms with Crippen molar-refractivity contribution in [1.82, 2.24) is 0 Å². The van der Waals surface area contributed by atoms with E-state index in [0.29, 0.717) is 24.7 Å². The summed E-state index contributed by atoms with van der Waals surface area (Å²) in [6.07, 6.45) is 0. The molecule has 4 nitrogen and oxygen atoms in total. The van der Waals surface area contributed by atoms with Gasteiger partial charge >= 0.3 is 0 Å². The van der Waals surface area contributed by atoms with Gasteiger partial charge in [-0.3, -0.25) is 4.21 Å². The molecule has 0 radical (unpaired) electrons. The van der Waals surface area contributed by atoms with Gasteiger partial charge in [-0.25, -0.2) is 0 Å². The van der Waals surface area contributed by atoms with Gasteiger partial charge in [0, 0.05) is 17.0 Å². The van der Waals surface area contributed by atoms with Crippen molar-refractivity contribution < 1.29 is 13.7 Å². The van der Waals surface area contributed by atoms with Crippen molar-refractivity contribution >= 4 is 10.8 Å². The molecule has 2 N–H and O–H groups in total. The van der Waals surface area contributed by atoms with Gasteiger partial charge in [0.05, 0.1) is 16.0 Å². The van der Waals surface area contributed by atoms with E-state index >= 15 is 0 Å². The van der Waals surface area contributed by atoms with E-state index in [2.05, 4.69) is 0 Å². The van der Waals surface area contributed by atoms with Crippen LogP contribution >= 0.6 is 0 Å². The lowest BCUT2D eigenvalue weighted by atomic mass is 10.3. The Kier molecular flexibility index (Phi) is 3.69. The molecule has 0 spiro atoms. The monoisotopic (exact) mass is 255 g/mol. The summed E-state index contributed by atoms with van der Waals surface area (Å²) >= 11 is 0. The largest absolute Gasteiger partial charge is 0.486 e. The highest BCUT2D eigenvalue weighted by Crippen LogP contribution is 2.32. The summed E-state index contributed by atoms with van der Waals surface area (Å²) in [5.74, 6) is 1.38. The van der Waals surface area contributed by atoms with Gasteiger partial charge in [-0.15, -0.1) is 0 Å². The molecule has 0 bridgehead atoms. The Morgan fingerprint density at radius 2 is 1.88 bits per heavy atom. The fourth-order valence-electron chi connectivity index (χ4n) is 1.56. The van der Waals surface area contributed by atoms with Gasteiger partial charge in [0.1, 0.15) is 13.2 Å². The fourth-order valence-corrected chi connectivity index (χ4v) is 2.80. The Labute approximate surface area is 104 Å². The summed E-state index contributed by atoms with van der Waals surface area (Å²) in [5.41, 5.74) is 5.76. The van der Waals surface area contributed by atoms with Crippen molar-refractivity contribution in [2.24, 2.45) is 5.73 Å². The van der Waals surface area contributed by atoms with E-state index in [9.17, 15) is 4.21 Å². The smallest absolute Gasteiger partial charge is 0.162 e. The van der Waals surface area contributed by atoms with E-state index in [0.717, 1.165) is 4.90 Å². The van der Waals surface area contributed by atoms with Gasteiger partial charge in [0.15, 0.2) is 11.5 Å². The van der Waals surface area contributed by atoms with Crippen LogP contribution in [0.4, 0.5) is 0 Å². The first-order chi connectivity index (χ1) is 8.09. The first-order valence-electron chi connectivity index (χ1n) is 5.65. The highest BCUT2D eigenvalue weighted by molar-refractivity contribution is 7.85. The molecule has 3 atom stereocenters. The number of hydrogen-bond acceptors (Lipinski definition) is 4. The standard InChI is InChI=1S/C12H17NO3S/c1-8(13)9(2)17(14)10-3-4-11-12(7-10)16-6-5-15-11/h3-4,7-9H,5-6,13H2,1-2H3. The molecule has 1 aromatic rings. The van der Waals surface area contributed by atoms with Crippen molar-refractivity contribution in [3.63, 3.8) is 0 Å². The quantitative estimate of drug-likeness (QED) is 0.884. The van der Waals surface area contributed by atoms with E-state index < -0.39 is 10.8 Å². The van der Waals surface area contributed by atoms with Gasteiger partial charge in [0.2, 0.25) is 0 Å².